The largest absolute Gasteiger partial charge is 0.474 e. The van der Waals surface area contributed by atoms with Gasteiger partial charge in [-0.25, -0.2) is 9.38 Å². The van der Waals surface area contributed by atoms with Crippen LogP contribution in [0.5, 0.6) is 0 Å². The number of hydrogen-bond donors (Lipinski definition) is 0. The lowest BCUT2D eigenvalue weighted by atomic mass is 10.2. The highest BCUT2D eigenvalue weighted by molar-refractivity contribution is 6.31. The fourth-order valence-electron chi connectivity index (χ4n) is 2.19. The minimum Gasteiger partial charge on any atom is -0.474 e. The van der Waals surface area contributed by atoms with E-state index in [0.29, 0.717) is 24.1 Å². The lowest BCUT2D eigenvalue weighted by molar-refractivity contribution is 0.322. The molecule has 1 aromatic carbocycles. The third-order valence-electron chi connectivity index (χ3n) is 3.20. The normalized spacial score (nSPS) is 17.9. The predicted octanol–water partition coefficient (Wildman–Crippen LogP) is 3.49. The lowest BCUT2D eigenvalue weighted by Gasteiger charge is -2.10. The molecule has 3 nitrogen and oxygen atoms in total. The maximum absolute atomic E-state index is 13.1. The summed E-state index contributed by atoms with van der Waals surface area (Å²) in [5.41, 5.74) is 1.77. The lowest BCUT2D eigenvalue weighted by Crippen LogP contribution is -2.10. The quantitative estimate of drug-likeness (QED) is 0.850. The standard InChI is InChI=1S/C15H14ClFN2O/c1-10-9-20-15(18-10)14-3-2-6-19(14)8-11-4-5-12(17)7-13(11)16/h2-7,10H,8-9H2,1H3/t10-/m1/s1. The monoisotopic (exact) mass is 292 g/mol. The summed E-state index contributed by atoms with van der Waals surface area (Å²) >= 11 is 6.07. The predicted molar refractivity (Wildman–Crippen MR) is 76.9 cm³/mol. The maximum atomic E-state index is 13.1. The van der Waals surface area contributed by atoms with Crippen molar-refractivity contribution in [3.05, 3.63) is 58.6 Å². The van der Waals surface area contributed by atoms with Crippen LogP contribution in [-0.2, 0) is 11.3 Å². The van der Waals surface area contributed by atoms with Crippen molar-refractivity contribution in [2.24, 2.45) is 4.99 Å². The summed E-state index contributed by atoms with van der Waals surface area (Å²) in [7, 11) is 0. The average molecular weight is 293 g/mol. The van der Waals surface area contributed by atoms with E-state index >= 15 is 0 Å². The Kier molecular flexibility index (Phi) is 3.49. The molecular formula is C15H14ClFN2O. The number of aliphatic imine (C=N–C) groups is 1. The van der Waals surface area contributed by atoms with E-state index in [4.69, 9.17) is 16.3 Å². The number of nitrogens with zero attached hydrogens (tertiary/aromatic N) is 2. The van der Waals surface area contributed by atoms with Crippen LogP contribution < -0.4 is 0 Å². The second-order valence-corrected chi connectivity index (χ2v) is 5.26. The van der Waals surface area contributed by atoms with Gasteiger partial charge in [-0.1, -0.05) is 17.7 Å². The summed E-state index contributed by atoms with van der Waals surface area (Å²) in [4.78, 5) is 4.45. The summed E-state index contributed by atoms with van der Waals surface area (Å²) in [6.45, 7) is 3.17. The van der Waals surface area contributed by atoms with Gasteiger partial charge >= 0.3 is 0 Å². The third-order valence-corrected chi connectivity index (χ3v) is 3.56. The Morgan fingerprint density at radius 1 is 1.45 bits per heavy atom. The summed E-state index contributed by atoms with van der Waals surface area (Å²) in [6.07, 6.45) is 1.93. The first-order valence-electron chi connectivity index (χ1n) is 6.43. The molecule has 0 bridgehead atoms. The van der Waals surface area contributed by atoms with Gasteiger partial charge < -0.3 is 9.30 Å². The Bertz CT molecular complexity index is 666. The SMILES string of the molecule is C[C@@H]1COC(c2cccn2Cc2ccc(F)cc2Cl)=N1. The minimum absolute atomic E-state index is 0.183. The molecule has 0 radical (unpaired) electrons. The van der Waals surface area contributed by atoms with E-state index in [1.165, 1.54) is 12.1 Å². The summed E-state index contributed by atoms with van der Waals surface area (Å²) in [5.74, 6) is 0.324. The maximum Gasteiger partial charge on any atom is 0.233 e. The minimum atomic E-state index is -0.330. The fraction of sp³-hybridized carbons (Fsp3) is 0.267. The average Bonchev–Trinajstić information content (AvgIpc) is 3.01. The molecule has 1 aliphatic heterocycles. The van der Waals surface area contributed by atoms with Crippen molar-refractivity contribution in [2.45, 2.75) is 19.5 Å². The number of hydrogen-bond acceptors (Lipinski definition) is 2. The molecule has 2 heterocycles. The highest BCUT2D eigenvalue weighted by atomic mass is 35.5. The first-order chi connectivity index (χ1) is 9.63. The van der Waals surface area contributed by atoms with E-state index in [1.807, 2.05) is 29.8 Å². The molecule has 5 heteroatoms. The highest BCUT2D eigenvalue weighted by Crippen LogP contribution is 2.20. The molecule has 0 amide bonds. The molecule has 2 aromatic rings. The van der Waals surface area contributed by atoms with Gasteiger partial charge in [0.1, 0.15) is 18.1 Å². The van der Waals surface area contributed by atoms with Gasteiger partial charge in [0.25, 0.3) is 0 Å². The Morgan fingerprint density at radius 3 is 3.00 bits per heavy atom. The summed E-state index contributed by atoms with van der Waals surface area (Å²) in [6, 6.07) is 8.50. The summed E-state index contributed by atoms with van der Waals surface area (Å²) < 4.78 is 20.6. The van der Waals surface area contributed by atoms with Crippen LogP contribution in [0.1, 0.15) is 18.2 Å². The van der Waals surface area contributed by atoms with Crippen molar-refractivity contribution in [3.8, 4) is 0 Å². The Labute approximate surface area is 121 Å². The van der Waals surface area contributed by atoms with Crippen LogP contribution in [-0.4, -0.2) is 23.1 Å². The first-order valence-corrected chi connectivity index (χ1v) is 6.81. The van der Waals surface area contributed by atoms with Crippen molar-refractivity contribution in [1.29, 1.82) is 0 Å². The van der Waals surface area contributed by atoms with Gasteiger partial charge in [0, 0.05) is 17.8 Å². The number of benzene rings is 1. The van der Waals surface area contributed by atoms with Gasteiger partial charge in [-0.2, -0.15) is 0 Å². The second-order valence-electron chi connectivity index (χ2n) is 4.85. The second kappa shape index (κ2) is 5.29. The molecular weight excluding hydrogens is 279 g/mol. The molecule has 0 unspecified atom stereocenters. The molecule has 0 aliphatic carbocycles. The fourth-order valence-corrected chi connectivity index (χ4v) is 2.42. The zero-order valence-electron chi connectivity index (χ0n) is 11.0. The van der Waals surface area contributed by atoms with Crippen molar-refractivity contribution in [3.63, 3.8) is 0 Å². The smallest absolute Gasteiger partial charge is 0.233 e. The molecule has 0 fully saturated rings. The van der Waals surface area contributed by atoms with Crippen molar-refractivity contribution >= 4 is 17.5 Å². The topological polar surface area (TPSA) is 26.5 Å². The van der Waals surface area contributed by atoms with E-state index in [-0.39, 0.29) is 11.9 Å². The zero-order valence-corrected chi connectivity index (χ0v) is 11.8. The van der Waals surface area contributed by atoms with Crippen LogP contribution in [0.2, 0.25) is 5.02 Å². The van der Waals surface area contributed by atoms with E-state index in [2.05, 4.69) is 4.99 Å². The molecule has 3 rings (SSSR count). The molecule has 104 valence electrons. The molecule has 0 spiro atoms. The van der Waals surface area contributed by atoms with Gasteiger partial charge in [0.15, 0.2) is 0 Å². The van der Waals surface area contributed by atoms with Gasteiger partial charge in [-0.15, -0.1) is 0 Å². The third kappa shape index (κ3) is 2.56. The summed E-state index contributed by atoms with van der Waals surface area (Å²) in [5, 5.41) is 0.423. The van der Waals surface area contributed by atoms with Crippen molar-refractivity contribution < 1.29 is 9.13 Å². The number of ether oxygens (including phenoxy) is 1. The molecule has 0 saturated carbocycles. The van der Waals surface area contributed by atoms with E-state index in [9.17, 15) is 4.39 Å². The van der Waals surface area contributed by atoms with Gasteiger partial charge in [-0.05, 0) is 36.8 Å². The highest BCUT2D eigenvalue weighted by Gasteiger charge is 2.19. The van der Waals surface area contributed by atoms with Gasteiger partial charge in [0.05, 0.1) is 6.04 Å². The number of rotatable bonds is 3. The van der Waals surface area contributed by atoms with Crippen LogP contribution in [0.25, 0.3) is 0 Å². The van der Waals surface area contributed by atoms with Crippen molar-refractivity contribution in [1.82, 2.24) is 4.57 Å². The van der Waals surface area contributed by atoms with Gasteiger partial charge in [-0.3, -0.25) is 0 Å². The Balaban J connectivity index is 1.89. The van der Waals surface area contributed by atoms with Crippen LogP contribution in [0.4, 0.5) is 4.39 Å². The van der Waals surface area contributed by atoms with Crippen molar-refractivity contribution in [2.75, 3.05) is 6.61 Å². The molecule has 1 aromatic heterocycles. The van der Waals surface area contributed by atoms with E-state index < -0.39 is 0 Å². The zero-order chi connectivity index (χ0) is 14.1. The van der Waals surface area contributed by atoms with Crippen LogP contribution >= 0.6 is 11.6 Å². The van der Waals surface area contributed by atoms with E-state index in [0.717, 1.165) is 11.3 Å². The van der Waals surface area contributed by atoms with Gasteiger partial charge in [0.2, 0.25) is 5.90 Å². The molecule has 0 N–H and O–H groups in total. The Morgan fingerprint density at radius 2 is 2.30 bits per heavy atom. The van der Waals surface area contributed by atoms with Crippen LogP contribution in [0.3, 0.4) is 0 Å². The molecule has 1 aliphatic rings. The van der Waals surface area contributed by atoms with Crippen LogP contribution in [0.15, 0.2) is 41.5 Å². The number of halogens is 2. The van der Waals surface area contributed by atoms with E-state index in [1.54, 1.807) is 6.07 Å². The number of aromatic nitrogens is 1. The molecule has 0 saturated heterocycles. The first kappa shape index (κ1) is 13.2. The molecule has 20 heavy (non-hydrogen) atoms. The van der Waals surface area contributed by atoms with Crippen LogP contribution in [0, 0.1) is 5.82 Å². The Hall–Kier alpha value is -1.81. The molecule has 1 atom stereocenters.